The van der Waals surface area contributed by atoms with Gasteiger partial charge in [0, 0.05) is 21.8 Å². The van der Waals surface area contributed by atoms with Crippen LogP contribution < -0.4 is 5.32 Å². The van der Waals surface area contributed by atoms with Gasteiger partial charge < -0.3 is 14.2 Å². The highest BCUT2D eigenvalue weighted by molar-refractivity contribution is 6.14. The molecule has 2 aromatic heterocycles. The van der Waals surface area contributed by atoms with Crippen molar-refractivity contribution >= 4 is 55.3 Å². The number of para-hydroxylation sites is 1. The van der Waals surface area contributed by atoms with Crippen LogP contribution in [0.1, 0.15) is 0 Å². The molecule has 6 aromatic carbocycles. The molecule has 0 saturated carbocycles. The van der Waals surface area contributed by atoms with Gasteiger partial charge in [-0.15, -0.1) is 0 Å². The number of furan rings is 2. The van der Waals surface area contributed by atoms with Gasteiger partial charge in [0.2, 0.25) is 0 Å². The highest BCUT2D eigenvalue weighted by atomic mass is 16.3. The maximum Gasteiger partial charge on any atom is 0.137 e. The lowest BCUT2D eigenvalue weighted by atomic mass is 9.99. The maximum atomic E-state index is 6.22. The van der Waals surface area contributed by atoms with Crippen molar-refractivity contribution in [1.82, 2.24) is 0 Å². The van der Waals surface area contributed by atoms with E-state index in [1.165, 1.54) is 16.7 Å². The Morgan fingerprint density at radius 1 is 0.410 bits per heavy atom. The molecule has 184 valence electrons. The summed E-state index contributed by atoms with van der Waals surface area (Å²) in [5.74, 6) is 0. The normalized spacial score (nSPS) is 11.6. The van der Waals surface area contributed by atoms with Gasteiger partial charge in [-0.3, -0.25) is 0 Å². The molecule has 0 atom stereocenters. The second kappa shape index (κ2) is 8.64. The molecule has 0 bridgehead atoms. The molecule has 0 aliphatic rings. The van der Waals surface area contributed by atoms with E-state index < -0.39 is 0 Å². The fraction of sp³-hybridized carbons (Fsp3) is 0. The van der Waals surface area contributed by atoms with Crippen LogP contribution in [-0.4, -0.2) is 0 Å². The Kier molecular flexibility index (Phi) is 4.82. The van der Waals surface area contributed by atoms with Crippen molar-refractivity contribution in [2.45, 2.75) is 0 Å². The third kappa shape index (κ3) is 3.59. The molecule has 0 amide bonds. The van der Waals surface area contributed by atoms with Gasteiger partial charge in [-0.25, -0.2) is 0 Å². The zero-order valence-electron chi connectivity index (χ0n) is 21.0. The highest BCUT2D eigenvalue weighted by Crippen LogP contribution is 2.39. The van der Waals surface area contributed by atoms with E-state index in [0.717, 1.165) is 60.8 Å². The van der Waals surface area contributed by atoms with Crippen LogP contribution >= 0.6 is 0 Å². The summed E-state index contributed by atoms with van der Waals surface area (Å²) in [5.41, 5.74) is 10.3. The smallest absolute Gasteiger partial charge is 0.137 e. The molecule has 0 saturated heterocycles. The van der Waals surface area contributed by atoms with E-state index in [1.54, 1.807) is 0 Å². The summed E-state index contributed by atoms with van der Waals surface area (Å²) in [6, 6.07) is 46.1. The molecule has 3 nitrogen and oxygen atoms in total. The molecule has 8 rings (SSSR count). The molecule has 8 aromatic rings. The molecular formula is C36H23NO2. The van der Waals surface area contributed by atoms with E-state index in [-0.39, 0.29) is 0 Å². The molecule has 0 aliphatic carbocycles. The summed E-state index contributed by atoms with van der Waals surface area (Å²) >= 11 is 0. The summed E-state index contributed by atoms with van der Waals surface area (Å²) in [4.78, 5) is 0. The van der Waals surface area contributed by atoms with Gasteiger partial charge in [0.15, 0.2) is 0 Å². The van der Waals surface area contributed by atoms with Crippen LogP contribution in [0.4, 0.5) is 11.4 Å². The average molecular weight is 502 g/mol. The van der Waals surface area contributed by atoms with Gasteiger partial charge in [0.05, 0.1) is 11.1 Å². The Morgan fingerprint density at radius 2 is 1.08 bits per heavy atom. The first-order chi connectivity index (χ1) is 19.3. The largest absolute Gasteiger partial charge is 0.456 e. The number of benzene rings is 6. The third-order valence-electron chi connectivity index (χ3n) is 7.48. The van der Waals surface area contributed by atoms with E-state index in [9.17, 15) is 0 Å². The predicted octanol–water partition coefficient (Wildman–Crippen LogP) is 10.6. The summed E-state index contributed by atoms with van der Waals surface area (Å²) in [7, 11) is 0. The van der Waals surface area contributed by atoms with Gasteiger partial charge in [0.1, 0.15) is 22.3 Å². The Labute approximate surface area is 224 Å². The predicted molar refractivity (Wildman–Crippen MR) is 162 cm³/mol. The number of nitrogens with one attached hydrogen (secondary N) is 1. The summed E-state index contributed by atoms with van der Waals surface area (Å²) in [6.07, 6.45) is 0. The first-order valence-corrected chi connectivity index (χ1v) is 13.1. The second-order valence-electron chi connectivity index (χ2n) is 9.84. The van der Waals surface area contributed by atoms with Gasteiger partial charge in [0.25, 0.3) is 0 Å². The number of fused-ring (bicyclic) bond motifs is 6. The maximum absolute atomic E-state index is 6.22. The molecule has 3 heteroatoms. The standard InChI is InChI=1S/C36H23NO2/c1-2-8-23(9-3-1)25-18-21-32-29(22-25)36-30(12-7-15-34(36)39-32)37-26-19-16-24(17-20-26)27-11-6-14-33-35(27)28-10-4-5-13-31(28)38-33/h1-22,37H. The van der Waals surface area contributed by atoms with Crippen molar-refractivity contribution in [2.24, 2.45) is 0 Å². The molecule has 2 heterocycles. The Balaban J connectivity index is 1.19. The van der Waals surface area contributed by atoms with Crippen LogP contribution in [0.2, 0.25) is 0 Å². The average Bonchev–Trinajstić information content (AvgIpc) is 3.56. The fourth-order valence-electron chi connectivity index (χ4n) is 5.64. The van der Waals surface area contributed by atoms with E-state index in [4.69, 9.17) is 8.83 Å². The first-order valence-electron chi connectivity index (χ1n) is 13.1. The lowest BCUT2D eigenvalue weighted by Gasteiger charge is -2.10. The molecule has 0 spiro atoms. The first kappa shape index (κ1) is 21.8. The molecule has 1 N–H and O–H groups in total. The monoisotopic (exact) mass is 501 g/mol. The number of hydrogen-bond acceptors (Lipinski definition) is 3. The van der Waals surface area contributed by atoms with E-state index in [0.29, 0.717) is 0 Å². The summed E-state index contributed by atoms with van der Waals surface area (Å²) in [5, 5.41) is 8.12. The van der Waals surface area contributed by atoms with Crippen molar-refractivity contribution in [3.8, 4) is 22.3 Å². The minimum atomic E-state index is 0.871. The van der Waals surface area contributed by atoms with Crippen LogP contribution in [0.25, 0.3) is 66.1 Å². The van der Waals surface area contributed by atoms with Crippen LogP contribution in [0.5, 0.6) is 0 Å². The van der Waals surface area contributed by atoms with E-state index in [2.05, 4.69) is 102 Å². The Morgan fingerprint density at radius 3 is 1.92 bits per heavy atom. The van der Waals surface area contributed by atoms with Crippen LogP contribution in [0.3, 0.4) is 0 Å². The Hall–Kier alpha value is -5.28. The number of hydrogen-bond donors (Lipinski definition) is 1. The summed E-state index contributed by atoms with van der Waals surface area (Å²) in [6.45, 7) is 0. The van der Waals surface area contributed by atoms with Crippen LogP contribution in [-0.2, 0) is 0 Å². The highest BCUT2D eigenvalue weighted by Gasteiger charge is 2.14. The zero-order valence-corrected chi connectivity index (χ0v) is 21.0. The van der Waals surface area contributed by atoms with Crippen molar-refractivity contribution in [1.29, 1.82) is 0 Å². The lowest BCUT2D eigenvalue weighted by molar-refractivity contribution is 0.668. The molecule has 0 radical (unpaired) electrons. The minimum absolute atomic E-state index is 0.871. The van der Waals surface area contributed by atoms with Gasteiger partial charge in [-0.1, -0.05) is 84.9 Å². The fourth-order valence-corrected chi connectivity index (χ4v) is 5.64. The quantitative estimate of drug-likeness (QED) is 0.261. The van der Waals surface area contributed by atoms with Crippen molar-refractivity contribution in [3.63, 3.8) is 0 Å². The van der Waals surface area contributed by atoms with Crippen molar-refractivity contribution < 1.29 is 8.83 Å². The summed E-state index contributed by atoms with van der Waals surface area (Å²) < 4.78 is 12.3. The SMILES string of the molecule is c1ccc(-c2ccc3oc4cccc(Nc5ccc(-c6cccc7oc8ccccc8c67)cc5)c4c3c2)cc1. The molecule has 0 fully saturated rings. The topological polar surface area (TPSA) is 38.3 Å². The lowest BCUT2D eigenvalue weighted by Crippen LogP contribution is -1.91. The number of anilines is 2. The minimum Gasteiger partial charge on any atom is -0.456 e. The van der Waals surface area contributed by atoms with Crippen molar-refractivity contribution in [3.05, 3.63) is 133 Å². The van der Waals surface area contributed by atoms with Crippen molar-refractivity contribution in [2.75, 3.05) is 5.32 Å². The molecule has 39 heavy (non-hydrogen) atoms. The van der Waals surface area contributed by atoms with Crippen LogP contribution in [0, 0.1) is 0 Å². The van der Waals surface area contributed by atoms with E-state index in [1.807, 2.05) is 36.4 Å². The van der Waals surface area contributed by atoms with Gasteiger partial charge in [-0.2, -0.15) is 0 Å². The van der Waals surface area contributed by atoms with E-state index >= 15 is 0 Å². The second-order valence-corrected chi connectivity index (χ2v) is 9.84. The van der Waals surface area contributed by atoms with Gasteiger partial charge in [-0.05, 0) is 70.8 Å². The third-order valence-corrected chi connectivity index (χ3v) is 7.48. The molecule has 0 unspecified atom stereocenters. The zero-order chi connectivity index (χ0) is 25.8. The van der Waals surface area contributed by atoms with Crippen LogP contribution in [0.15, 0.2) is 142 Å². The Bertz CT molecular complexity index is 2130. The number of rotatable bonds is 4. The molecule has 0 aliphatic heterocycles. The molecular weight excluding hydrogens is 478 g/mol. The van der Waals surface area contributed by atoms with Gasteiger partial charge >= 0.3 is 0 Å².